The number of nitrogens with zero attached hydrogens (tertiary/aromatic N) is 3. The maximum Gasteiger partial charge on any atom is 0.240 e. The molecule has 0 saturated carbocycles. The summed E-state index contributed by atoms with van der Waals surface area (Å²) in [4.78, 5) is 26.5. The lowest BCUT2D eigenvalue weighted by atomic mass is 10.1. The van der Waals surface area contributed by atoms with Crippen LogP contribution < -0.4 is 0 Å². The van der Waals surface area contributed by atoms with E-state index in [-0.39, 0.29) is 11.2 Å². The molecule has 1 amide bonds. The van der Waals surface area contributed by atoms with Crippen molar-refractivity contribution in [1.82, 2.24) is 14.9 Å². The number of carbonyl (C=O) groups is 1. The van der Waals surface area contributed by atoms with Gasteiger partial charge in [-0.25, -0.2) is 9.97 Å². The molecule has 0 spiro atoms. The molecular weight excluding hydrogens is 362 g/mol. The minimum absolute atomic E-state index is 0.0810. The molecule has 2 heterocycles. The average molecular weight is 384 g/mol. The number of aryl methyl sites for hydroxylation is 3. The molecule has 4 rings (SSSR count). The van der Waals surface area contributed by atoms with Crippen molar-refractivity contribution in [3.8, 4) is 0 Å². The van der Waals surface area contributed by atoms with Crippen LogP contribution in [0.15, 0.2) is 35.4 Å². The van der Waals surface area contributed by atoms with Crippen molar-refractivity contribution in [3.63, 3.8) is 0 Å². The van der Waals surface area contributed by atoms with E-state index in [1.165, 1.54) is 22.2 Å². The first-order chi connectivity index (χ1) is 12.5. The highest BCUT2D eigenvalue weighted by Crippen LogP contribution is 2.44. The molecule has 26 heavy (non-hydrogen) atoms. The fourth-order valence-electron chi connectivity index (χ4n) is 3.38. The summed E-state index contributed by atoms with van der Waals surface area (Å²) in [5, 5.41) is 1.81. The molecule has 0 saturated heterocycles. The summed E-state index contributed by atoms with van der Waals surface area (Å²) in [7, 11) is 3.61. The van der Waals surface area contributed by atoms with E-state index in [9.17, 15) is 4.79 Å². The van der Waals surface area contributed by atoms with E-state index in [0.29, 0.717) is 0 Å². The highest BCUT2D eigenvalue weighted by Gasteiger charge is 2.28. The molecule has 1 aliphatic rings. The Morgan fingerprint density at radius 1 is 1.19 bits per heavy atom. The van der Waals surface area contributed by atoms with Crippen molar-refractivity contribution >= 4 is 39.2 Å². The van der Waals surface area contributed by atoms with Crippen molar-refractivity contribution in [1.29, 1.82) is 0 Å². The number of thiophene rings is 1. The summed E-state index contributed by atoms with van der Waals surface area (Å²) in [5.74, 6) is 0.849. The highest BCUT2D eigenvalue weighted by molar-refractivity contribution is 8.00. The molecule has 134 valence electrons. The van der Waals surface area contributed by atoms with Crippen LogP contribution in [0.3, 0.4) is 0 Å². The van der Waals surface area contributed by atoms with Crippen LogP contribution in [0.5, 0.6) is 0 Å². The first-order valence-corrected chi connectivity index (χ1v) is 10.5. The molecule has 3 aromatic rings. The van der Waals surface area contributed by atoms with Crippen LogP contribution in [0.2, 0.25) is 0 Å². The first kappa shape index (κ1) is 17.5. The second-order valence-corrected chi connectivity index (χ2v) is 8.93. The van der Waals surface area contributed by atoms with E-state index in [1.807, 2.05) is 51.4 Å². The van der Waals surface area contributed by atoms with Gasteiger partial charge in [0.2, 0.25) is 5.91 Å². The molecule has 4 nitrogen and oxygen atoms in total. The minimum Gasteiger partial charge on any atom is -0.348 e. The predicted octanol–water partition coefficient (Wildman–Crippen LogP) is 4.41. The summed E-state index contributed by atoms with van der Waals surface area (Å²) in [6.45, 7) is 1.93. The smallest absolute Gasteiger partial charge is 0.240 e. The third-order valence-corrected chi connectivity index (χ3v) is 7.05. The molecule has 0 aliphatic heterocycles. The van der Waals surface area contributed by atoms with E-state index < -0.39 is 0 Å². The number of benzene rings is 1. The van der Waals surface area contributed by atoms with Gasteiger partial charge in [-0.3, -0.25) is 4.79 Å². The molecule has 1 aromatic carbocycles. The number of fused-ring (bicyclic) bond motifs is 3. The lowest BCUT2D eigenvalue weighted by Crippen LogP contribution is -2.26. The second kappa shape index (κ2) is 7.00. The molecule has 0 unspecified atom stereocenters. The molecular formula is C20H21N3OS2. The number of amides is 1. The van der Waals surface area contributed by atoms with Gasteiger partial charge in [-0.15, -0.1) is 11.3 Å². The monoisotopic (exact) mass is 383 g/mol. The average Bonchev–Trinajstić information content (AvgIpc) is 3.20. The third kappa shape index (κ3) is 3.12. The number of carbonyl (C=O) groups excluding carboxylic acids is 1. The number of likely N-dealkylation sites (N-methyl/N-ethyl adjacent to an activating group) is 1. The van der Waals surface area contributed by atoms with Crippen molar-refractivity contribution in [2.45, 2.75) is 36.5 Å². The van der Waals surface area contributed by atoms with Crippen molar-refractivity contribution in [2.75, 3.05) is 14.1 Å². The molecule has 0 fully saturated rings. The summed E-state index contributed by atoms with van der Waals surface area (Å²) < 4.78 is 0. The van der Waals surface area contributed by atoms with Crippen molar-refractivity contribution in [2.24, 2.45) is 0 Å². The summed E-state index contributed by atoms with van der Waals surface area (Å²) >= 11 is 3.35. The maximum absolute atomic E-state index is 12.9. The first-order valence-electron chi connectivity index (χ1n) is 8.76. The van der Waals surface area contributed by atoms with E-state index >= 15 is 0 Å². The zero-order chi connectivity index (χ0) is 18.3. The number of hydrogen-bond donors (Lipinski definition) is 0. The van der Waals surface area contributed by atoms with E-state index in [1.54, 1.807) is 28.0 Å². The normalized spacial score (nSPS) is 14.4. The van der Waals surface area contributed by atoms with Gasteiger partial charge in [0.05, 0.1) is 0 Å². The van der Waals surface area contributed by atoms with Gasteiger partial charge in [0.15, 0.2) is 0 Å². The topological polar surface area (TPSA) is 46.1 Å². The second-order valence-electron chi connectivity index (χ2n) is 6.75. The lowest BCUT2D eigenvalue weighted by molar-refractivity contribution is -0.128. The molecule has 0 N–H and O–H groups in total. The van der Waals surface area contributed by atoms with Crippen LogP contribution in [0, 0.1) is 6.92 Å². The van der Waals surface area contributed by atoms with Crippen LogP contribution in [0.1, 0.15) is 33.5 Å². The molecule has 0 radical (unpaired) electrons. The zero-order valence-corrected chi connectivity index (χ0v) is 16.8. The Morgan fingerprint density at radius 2 is 1.96 bits per heavy atom. The van der Waals surface area contributed by atoms with E-state index in [4.69, 9.17) is 4.98 Å². The van der Waals surface area contributed by atoms with Crippen LogP contribution in [0.4, 0.5) is 0 Å². The third-order valence-electron chi connectivity index (χ3n) is 4.64. The Labute approximate surface area is 161 Å². The molecule has 6 heteroatoms. The van der Waals surface area contributed by atoms with Gasteiger partial charge >= 0.3 is 0 Å². The van der Waals surface area contributed by atoms with Crippen molar-refractivity contribution in [3.05, 3.63) is 52.2 Å². The molecule has 1 aliphatic carbocycles. The predicted molar refractivity (Wildman–Crippen MR) is 108 cm³/mol. The van der Waals surface area contributed by atoms with Crippen LogP contribution >= 0.6 is 23.1 Å². The van der Waals surface area contributed by atoms with Crippen LogP contribution in [-0.4, -0.2) is 34.9 Å². The van der Waals surface area contributed by atoms with Crippen molar-refractivity contribution < 1.29 is 4.79 Å². The fraction of sp³-hybridized carbons (Fsp3) is 0.350. The Bertz CT molecular complexity index is 966. The van der Waals surface area contributed by atoms with Gasteiger partial charge < -0.3 is 4.90 Å². The lowest BCUT2D eigenvalue weighted by Gasteiger charge is -2.20. The van der Waals surface area contributed by atoms with Gasteiger partial charge in [-0.1, -0.05) is 42.1 Å². The Morgan fingerprint density at radius 3 is 2.69 bits per heavy atom. The highest BCUT2D eigenvalue weighted by atomic mass is 32.2. The Hall–Kier alpha value is -1.92. The summed E-state index contributed by atoms with van der Waals surface area (Å²) in [6.07, 6.45) is 3.43. The number of rotatable bonds is 4. The maximum atomic E-state index is 12.9. The molecule has 2 aromatic heterocycles. The SMILES string of the molecule is Cc1nc(S[C@@H](C(=O)N(C)C)c2ccccc2)c2c3c(sc2n1)CCC3. The van der Waals surface area contributed by atoms with Crippen LogP contribution in [-0.2, 0) is 17.6 Å². The van der Waals surface area contributed by atoms with Crippen LogP contribution in [0.25, 0.3) is 10.2 Å². The van der Waals surface area contributed by atoms with E-state index in [2.05, 4.69) is 4.98 Å². The fourth-order valence-corrected chi connectivity index (χ4v) is 6.11. The quantitative estimate of drug-likeness (QED) is 0.494. The van der Waals surface area contributed by atoms with Gasteiger partial charge in [-0.05, 0) is 37.3 Å². The van der Waals surface area contributed by atoms with Gasteiger partial charge in [0.1, 0.15) is 20.9 Å². The summed E-state index contributed by atoms with van der Waals surface area (Å²) in [5.41, 5.74) is 2.41. The van der Waals surface area contributed by atoms with Gasteiger partial charge in [0.25, 0.3) is 0 Å². The molecule has 0 bridgehead atoms. The molecule has 1 atom stereocenters. The largest absolute Gasteiger partial charge is 0.348 e. The van der Waals surface area contributed by atoms with Gasteiger partial charge in [-0.2, -0.15) is 0 Å². The standard InChI is InChI=1S/C20H21N3OS2/c1-12-21-18-16(14-10-7-11-15(14)25-18)19(22-12)26-17(20(24)23(2)3)13-8-5-4-6-9-13/h4-6,8-9,17H,7,10-11H2,1-3H3/t17-/m1/s1. The zero-order valence-electron chi connectivity index (χ0n) is 15.2. The summed E-state index contributed by atoms with van der Waals surface area (Å²) in [6, 6.07) is 9.97. The number of hydrogen-bond acceptors (Lipinski definition) is 5. The number of thioether (sulfide) groups is 1. The Kier molecular flexibility index (Phi) is 4.71. The Balaban J connectivity index is 1.82. The minimum atomic E-state index is -0.305. The van der Waals surface area contributed by atoms with Gasteiger partial charge in [0, 0.05) is 24.4 Å². The van der Waals surface area contributed by atoms with E-state index in [0.717, 1.165) is 34.1 Å². The number of aromatic nitrogens is 2.